The molecule has 2 aromatic rings. The number of carbonyl (C=O) groups excluding carboxylic acids is 2. The first-order chi connectivity index (χ1) is 21.4. The van der Waals surface area contributed by atoms with Gasteiger partial charge in [-0.15, -0.1) is 0 Å². The summed E-state index contributed by atoms with van der Waals surface area (Å²) in [5.74, 6) is 0.232. The maximum atomic E-state index is 12.6. The fourth-order valence-corrected chi connectivity index (χ4v) is 6.35. The Bertz CT molecular complexity index is 1330. The predicted molar refractivity (Wildman–Crippen MR) is 179 cm³/mol. The maximum absolute atomic E-state index is 12.6. The number of ether oxygens (including phenoxy) is 1. The molecular weight excluding hydrogens is 570 g/mol. The molecule has 0 radical (unpaired) electrons. The van der Waals surface area contributed by atoms with Crippen molar-refractivity contribution in [3.05, 3.63) is 35.7 Å². The van der Waals surface area contributed by atoms with Gasteiger partial charge in [0.2, 0.25) is 0 Å². The molecule has 3 aliphatic rings. The van der Waals surface area contributed by atoms with E-state index in [0.29, 0.717) is 36.5 Å². The highest BCUT2D eigenvalue weighted by Gasteiger charge is 2.31. The number of primary amides is 1. The molecule has 0 unspecified atom stereocenters. The van der Waals surface area contributed by atoms with Crippen LogP contribution in [0.4, 0.5) is 27.8 Å². The third kappa shape index (κ3) is 8.35. The summed E-state index contributed by atoms with van der Waals surface area (Å²) in [6.07, 6.45) is 2.77. The van der Waals surface area contributed by atoms with E-state index in [9.17, 15) is 9.59 Å². The average molecular weight is 622 g/mol. The lowest BCUT2D eigenvalue weighted by Gasteiger charge is -2.42. The molecule has 12 heteroatoms. The van der Waals surface area contributed by atoms with Gasteiger partial charge in [-0.05, 0) is 77.3 Å². The highest BCUT2D eigenvalue weighted by atomic mass is 16.6. The first-order valence-corrected chi connectivity index (χ1v) is 16.4. The van der Waals surface area contributed by atoms with Gasteiger partial charge in [0.25, 0.3) is 5.91 Å². The van der Waals surface area contributed by atoms with Crippen LogP contribution in [0.15, 0.2) is 24.3 Å². The van der Waals surface area contributed by atoms with E-state index in [2.05, 4.69) is 49.5 Å². The maximum Gasteiger partial charge on any atom is 0.410 e. The Morgan fingerprint density at radius 3 is 2.20 bits per heavy atom. The molecule has 0 saturated carbocycles. The Morgan fingerprint density at radius 1 is 0.933 bits per heavy atom. The quantitative estimate of drug-likeness (QED) is 0.396. The van der Waals surface area contributed by atoms with Gasteiger partial charge in [0, 0.05) is 75.8 Å². The van der Waals surface area contributed by atoms with Gasteiger partial charge in [-0.3, -0.25) is 9.69 Å². The number of benzene rings is 1. The fourth-order valence-electron chi connectivity index (χ4n) is 6.35. The number of piperazine rings is 1. The Hall–Kier alpha value is -3.64. The van der Waals surface area contributed by atoms with E-state index in [1.807, 2.05) is 46.8 Å². The second-order valence-corrected chi connectivity index (χ2v) is 14.0. The smallest absolute Gasteiger partial charge is 0.410 e. The van der Waals surface area contributed by atoms with E-state index in [-0.39, 0.29) is 23.7 Å². The summed E-state index contributed by atoms with van der Waals surface area (Å²) in [7, 11) is 2.20. The van der Waals surface area contributed by atoms with Crippen molar-refractivity contribution in [3.63, 3.8) is 0 Å². The van der Waals surface area contributed by atoms with Crippen molar-refractivity contribution in [2.45, 2.75) is 77.5 Å². The second kappa shape index (κ2) is 13.8. The Kier molecular flexibility index (Phi) is 10.0. The number of piperidine rings is 1. The summed E-state index contributed by atoms with van der Waals surface area (Å²) >= 11 is 0. The monoisotopic (exact) mass is 621 g/mol. The summed E-state index contributed by atoms with van der Waals surface area (Å²) in [6.45, 7) is 17.4. The molecule has 246 valence electrons. The summed E-state index contributed by atoms with van der Waals surface area (Å²) in [6, 6.07) is 8.88. The number of rotatable bonds is 8. The van der Waals surface area contributed by atoms with E-state index >= 15 is 0 Å². The van der Waals surface area contributed by atoms with E-state index in [0.717, 1.165) is 51.4 Å². The number of likely N-dealkylation sites (N-methyl/N-ethyl adjacent to an activating group) is 1. The van der Waals surface area contributed by atoms with Crippen molar-refractivity contribution in [2.24, 2.45) is 5.73 Å². The van der Waals surface area contributed by atoms with E-state index in [1.54, 1.807) is 4.90 Å². The molecule has 3 saturated heterocycles. The van der Waals surface area contributed by atoms with Crippen LogP contribution in [-0.4, -0.2) is 114 Å². The summed E-state index contributed by atoms with van der Waals surface area (Å²) in [4.78, 5) is 43.8. The van der Waals surface area contributed by atoms with E-state index in [4.69, 9.17) is 15.5 Å². The third-order valence-corrected chi connectivity index (χ3v) is 8.90. The van der Waals surface area contributed by atoms with Crippen LogP contribution in [-0.2, 0) is 4.74 Å². The minimum absolute atomic E-state index is 0.00446. The first-order valence-electron chi connectivity index (χ1n) is 16.4. The number of aromatic nitrogens is 2. The van der Waals surface area contributed by atoms with Crippen molar-refractivity contribution < 1.29 is 14.3 Å². The molecule has 45 heavy (non-hydrogen) atoms. The number of nitrogens with zero attached hydrogens (tertiary/aromatic N) is 6. The van der Waals surface area contributed by atoms with Crippen molar-refractivity contribution in [1.82, 2.24) is 24.7 Å². The van der Waals surface area contributed by atoms with Gasteiger partial charge >= 0.3 is 6.09 Å². The Labute approximate surface area is 267 Å². The second-order valence-electron chi connectivity index (χ2n) is 14.0. The lowest BCUT2D eigenvalue weighted by Crippen LogP contribution is -2.52. The Morgan fingerprint density at radius 2 is 1.60 bits per heavy atom. The average Bonchev–Trinajstić information content (AvgIpc) is 3.46. The zero-order valence-electron chi connectivity index (χ0n) is 27.8. The van der Waals surface area contributed by atoms with Gasteiger partial charge in [-0.2, -0.15) is 0 Å². The van der Waals surface area contributed by atoms with Crippen LogP contribution < -0.4 is 21.3 Å². The third-order valence-electron chi connectivity index (χ3n) is 8.90. The zero-order chi connectivity index (χ0) is 32.3. The molecule has 3 fully saturated rings. The number of amides is 2. The van der Waals surface area contributed by atoms with Gasteiger partial charge in [0.05, 0.1) is 5.69 Å². The normalized spacial score (nSPS) is 20.5. The number of nitrogens with two attached hydrogens (primary N) is 1. The topological polar surface area (TPSA) is 132 Å². The van der Waals surface area contributed by atoms with Crippen molar-refractivity contribution in [3.8, 4) is 0 Å². The van der Waals surface area contributed by atoms with E-state index < -0.39 is 11.5 Å². The molecule has 4 heterocycles. The molecule has 3 aliphatic heterocycles. The molecule has 0 aliphatic carbocycles. The number of hydrogen-bond acceptors (Lipinski definition) is 10. The van der Waals surface area contributed by atoms with Crippen LogP contribution in [0.2, 0.25) is 0 Å². The lowest BCUT2D eigenvalue weighted by molar-refractivity contribution is 0.0293. The number of hydrogen-bond donors (Lipinski definition) is 3. The van der Waals surface area contributed by atoms with Crippen molar-refractivity contribution in [2.75, 3.05) is 74.9 Å². The number of likely N-dealkylation sites (tertiary alicyclic amines) is 1. The van der Waals surface area contributed by atoms with Crippen LogP contribution >= 0.6 is 0 Å². The van der Waals surface area contributed by atoms with Crippen LogP contribution in [0.1, 0.15) is 76.0 Å². The molecule has 1 aromatic heterocycles. The lowest BCUT2D eigenvalue weighted by atomic mass is 10.0. The number of anilines is 4. The van der Waals surface area contributed by atoms with Gasteiger partial charge in [-0.25, -0.2) is 14.8 Å². The van der Waals surface area contributed by atoms with Crippen molar-refractivity contribution in [1.29, 1.82) is 0 Å². The highest BCUT2D eigenvalue weighted by molar-refractivity contribution is 5.96. The van der Waals surface area contributed by atoms with Gasteiger partial charge < -0.3 is 35.8 Å². The molecule has 2 amide bonds. The standard InChI is InChI=1S/C33H51N9O3/c1-22(2)27-30(36-24-11-14-42(21-24)32(44)45-33(3,4)5)38-31(28(37-27)29(34)43)35-23-7-9-25(10-8-23)40-15-12-26(13-16-40)41-19-17-39(6)18-20-41/h7-10,22,24,26H,11-21H2,1-6H3,(H2,34,43)(H2,35,36,38)/t24-/m1/s1. The molecule has 4 N–H and O–H groups in total. The minimum Gasteiger partial charge on any atom is -0.444 e. The fraction of sp³-hybridized carbons (Fsp3) is 0.636. The molecule has 0 spiro atoms. The summed E-state index contributed by atoms with van der Waals surface area (Å²) in [5, 5.41) is 6.78. The largest absolute Gasteiger partial charge is 0.444 e. The van der Waals surface area contributed by atoms with Crippen molar-refractivity contribution >= 4 is 35.0 Å². The molecule has 1 aromatic carbocycles. The SMILES string of the molecule is CC(C)c1nc(C(N)=O)c(Nc2ccc(N3CCC(N4CCN(C)CC4)CC3)cc2)nc1N[C@@H]1CCN(C(=O)OC(C)(C)C)C1. The molecule has 1 atom stereocenters. The van der Waals surface area contributed by atoms with Crippen LogP contribution in [0.25, 0.3) is 0 Å². The van der Waals surface area contributed by atoms with Gasteiger partial charge in [0.15, 0.2) is 17.3 Å². The van der Waals surface area contributed by atoms with Crippen LogP contribution in [0, 0.1) is 0 Å². The number of carbonyl (C=O) groups is 2. The minimum atomic E-state index is -0.643. The number of nitrogens with one attached hydrogen (secondary N) is 2. The molecular formula is C33H51N9O3. The van der Waals surface area contributed by atoms with E-state index in [1.165, 1.54) is 18.5 Å². The summed E-state index contributed by atoms with van der Waals surface area (Å²) in [5.41, 5.74) is 7.95. The van der Waals surface area contributed by atoms with Crippen LogP contribution in [0.5, 0.6) is 0 Å². The Balaban J connectivity index is 1.25. The first kappa shape index (κ1) is 32.7. The predicted octanol–water partition coefficient (Wildman–Crippen LogP) is 4.08. The summed E-state index contributed by atoms with van der Waals surface area (Å²) < 4.78 is 5.55. The van der Waals surface area contributed by atoms with Gasteiger partial charge in [-0.1, -0.05) is 13.8 Å². The molecule has 0 bridgehead atoms. The molecule has 12 nitrogen and oxygen atoms in total. The van der Waals surface area contributed by atoms with Crippen LogP contribution in [0.3, 0.4) is 0 Å². The highest BCUT2D eigenvalue weighted by Crippen LogP contribution is 2.30. The zero-order valence-corrected chi connectivity index (χ0v) is 27.8. The molecule has 5 rings (SSSR count). The van der Waals surface area contributed by atoms with Gasteiger partial charge in [0.1, 0.15) is 5.60 Å².